The molecular formula is C17H14ClN3O6S2. The highest BCUT2D eigenvalue weighted by Crippen LogP contribution is 2.46. The maximum atomic E-state index is 12.8. The average Bonchev–Trinajstić information content (AvgIpc) is 3.34. The lowest BCUT2D eigenvalue weighted by Crippen LogP contribution is -2.15. The van der Waals surface area contributed by atoms with Crippen molar-refractivity contribution in [1.82, 2.24) is 4.98 Å². The van der Waals surface area contributed by atoms with Crippen molar-refractivity contribution in [1.29, 1.82) is 0 Å². The topological polar surface area (TPSA) is 113 Å². The van der Waals surface area contributed by atoms with Gasteiger partial charge in [0, 0.05) is 11.4 Å². The van der Waals surface area contributed by atoms with Crippen molar-refractivity contribution in [2.24, 2.45) is 0 Å². The predicted molar refractivity (Wildman–Crippen MR) is 111 cm³/mol. The van der Waals surface area contributed by atoms with Gasteiger partial charge in [0.2, 0.25) is 11.5 Å². The molecular weight excluding hydrogens is 442 g/mol. The lowest BCUT2D eigenvalue weighted by atomic mass is 10.1. The number of carbonyl (C=O) groups excluding carboxylic acids is 1. The summed E-state index contributed by atoms with van der Waals surface area (Å²) >= 11 is 8.47. The first-order valence-electron chi connectivity index (χ1n) is 7.89. The molecule has 0 saturated carbocycles. The Kier molecular flexibility index (Phi) is 6.20. The van der Waals surface area contributed by atoms with Crippen LogP contribution >= 0.6 is 34.3 Å². The summed E-state index contributed by atoms with van der Waals surface area (Å²) in [6, 6.07) is 4.79. The van der Waals surface area contributed by atoms with Crippen LogP contribution in [-0.2, 0) is 0 Å². The third-order valence-electron chi connectivity index (χ3n) is 3.78. The first-order valence-corrected chi connectivity index (χ1v) is 9.97. The van der Waals surface area contributed by atoms with Crippen LogP contribution in [-0.4, -0.2) is 37.1 Å². The molecule has 0 unspecified atom stereocenters. The molecule has 0 fully saturated rings. The molecule has 2 heterocycles. The van der Waals surface area contributed by atoms with E-state index in [1.165, 1.54) is 50.1 Å². The largest absolute Gasteiger partial charge is 0.493 e. The van der Waals surface area contributed by atoms with E-state index in [9.17, 15) is 14.9 Å². The number of nitrogens with one attached hydrogen (secondary N) is 1. The minimum absolute atomic E-state index is 0.0179. The Hall–Kier alpha value is -2.89. The lowest BCUT2D eigenvalue weighted by molar-refractivity contribution is -0.386. The summed E-state index contributed by atoms with van der Waals surface area (Å²) in [7, 11) is 3.91. The molecule has 3 aromatic rings. The van der Waals surface area contributed by atoms with Crippen LogP contribution in [0, 0.1) is 10.1 Å². The fraction of sp³-hybridized carbons (Fsp3) is 0.176. The van der Waals surface area contributed by atoms with Gasteiger partial charge in [0.1, 0.15) is 5.56 Å². The number of amides is 1. The highest BCUT2D eigenvalue weighted by atomic mass is 35.5. The number of rotatable bonds is 7. The Morgan fingerprint density at radius 1 is 1.21 bits per heavy atom. The second-order valence-corrected chi connectivity index (χ2v) is 7.97. The lowest BCUT2D eigenvalue weighted by Gasteiger charge is -2.14. The van der Waals surface area contributed by atoms with Crippen molar-refractivity contribution in [2.75, 3.05) is 26.6 Å². The highest BCUT2D eigenvalue weighted by molar-refractivity contribution is 7.20. The molecule has 0 aliphatic rings. The molecule has 29 heavy (non-hydrogen) atoms. The fourth-order valence-corrected chi connectivity index (χ4v) is 4.34. The number of hydrogen-bond acceptors (Lipinski definition) is 9. The third kappa shape index (κ3) is 4.11. The molecule has 3 rings (SSSR count). The van der Waals surface area contributed by atoms with Gasteiger partial charge in [0.25, 0.3) is 5.91 Å². The molecule has 0 aliphatic carbocycles. The van der Waals surface area contributed by atoms with Gasteiger partial charge in [-0.15, -0.1) is 22.7 Å². The molecule has 1 N–H and O–H groups in total. The van der Waals surface area contributed by atoms with Crippen molar-refractivity contribution in [3.05, 3.63) is 43.6 Å². The van der Waals surface area contributed by atoms with Crippen LogP contribution < -0.4 is 19.5 Å². The van der Waals surface area contributed by atoms with E-state index in [-0.39, 0.29) is 27.9 Å². The number of carbonyl (C=O) groups is 1. The zero-order valence-electron chi connectivity index (χ0n) is 15.3. The molecule has 152 valence electrons. The highest BCUT2D eigenvalue weighted by Gasteiger charge is 2.32. The number of ether oxygens (including phenoxy) is 3. The Labute approximate surface area is 178 Å². The second-order valence-electron chi connectivity index (χ2n) is 5.39. The monoisotopic (exact) mass is 455 g/mol. The van der Waals surface area contributed by atoms with Crippen LogP contribution in [0.5, 0.6) is 17.2 Å². The SMILES string of the molecule is COc1cc(C(=O)Nc2nc(-c3ccc(Cl)s3)cs2)c([N+](=O)[O-])c(OC)c1OC. The molecule has 9 nitrogen and oxygen atoms in total. The number of aromatic nitrogens is 1. The number of anilines is 1. The van der Waals surface area contributed by atoms with Crippen LogP contribution in [0.4, 0.5) is 10.8 Å². The maximum absolute atomic E-state index is 12.8. The number of hydrogen-bond donors (Lipinski definition) is 1. The summed E-state index contributed by atoms with van der Waals surface area (Å²) < 4.78 is 16.1. The van der Waals surface area contributed by atoms with Gasteiger partial charge in [-0.3, -0.25) is 20.2 Å². The summed E-state index contributed by atoms with van der Waals surface area (Å²) in [4.78, 5) is 28.9. The number of nitro benzene ring substituents is 1. The van der Waals surface area contributed by atoms with Gasteiger partial charge >= 0.3 is 5.69 Å². The molecule has 0 aliphatic heterocycles. The number of halogens is 1. The maximum Gasteiger partial charge on any atom is 0.327 e. The molecule has 0 bridgehead atoms. The van der Waals surface area contributed by atoms with Crippen LogP contribution in [0.1, 0.15) is 10.4 Å². The summed E-state index contributed by atoms with van der Waals surface area (Å²) in [6.45, 7) is 0. The Morgan fingerprint density at radius 2 is 1.93 bits per heavy atom. The zero-order chi connectivity index (χ0) is 21.1. The zero-order valence-corrected chi connectivity index (χ0v) is 17.7. The van der Waals surface area contributed by atoms with Gasteiger partial charge in [-0.1, -0.05) is 11.6 Å². The van der Waals surface area contributed by atoms with Crippen LogP contribution in [0.3, 0.4) is 0 Å². The van der Waals surface area contributed by atoms with E-state index in [2.05, 4.69) is 10.3 Å². The van der Waals surface area contributed by atoms with E-state index in [1.807, 2.05) is 6.07 Å². The molecule has 0 spiro atoms. The standard InChI is InChI=1S/C17H14ClN3O6S2/c1-25-10-6-8(13(21(23)24)15(27-3)14(10)26-2)16(22)20-17-19-9(7-28-17)11-4-5-12(18)29-11/h4-7H,1-3H3,(H,19,20,22). The summed E-state index contributed by atoms with van der Waals surface area (Å²) in [6.07, 6.45) is 0. The van der Waals surface area contributed by atoms with Crippen molar-refractivity contribution in [2.45, 2.75) is 0 Å². The second kappa shape index (κ2) is 8.64. The van der Waals surface area contributed by atoms with E-state index < -0.39 is 16.5 Å². The smallest absolute Gasteiger partial charge is 0.327 e. The molecule has 2 aromatic heterocycles. The van der Waals surface area contributed by atoms with Crippen molar-refractivity contribution in [3.63, 3.8) is 0 Å². The summed E-state index contributed by atoms with van der Waals surface area (Å²) in [5.74, 6) is -0.811. The van der Waals surface area contributed by atoms with Crippen molar-refractivity contribution in [3.8, 4) is 27.8 Å². The molecule has 0 radical (unpaired) electrons. The minimum Gasteiger partial charge on any atom is -0.493 e. The predicted octanol–water partition coefficient (Wildman–Crippen LogP) is 4.71. The van der Waals surface area contributed by atoms with Gasteiger partial charge < -0.3 is 14.2 Å². The molecule has 12 heteroatoms. The van der Waals surface area contributed by atoms with Gasteiger partial charge in [-0.2, -0.15) is 0 Å². The van der Waals surface area contributed by atoms with Crippen molar-refractivity contribution < 1.29 is 23.9 Å². The van der Waals surface area contributed by atoms with E-state index in [4.69, 9.17) is 25.8 Å². The number of thiazole rings is 1. The molecule has 0 atom stereocenters. The normalized spacial score (nSPS) is 10.5. The van der Waals surface area contributed by atoms with Gasteiger partial charge in [-0.05, 0) is 12.1 Å². The van der Waals surface area contributed by atoms with Gasteiger partial charge in [0.05, 0.1) is 41.2 Å². The minimum atomic E-state index is -0.735. The number of nitro groups is 1. The molecule has 1 amide bonds. The Morgan fingerprint density at radius 3 is 2.48 bits per heavy atom. The third-order valence-corrected chi connectivity index (χ3v) is 5.79. The average molecular weight is 456 g/mol. The van der Waals surface area contributed by atoms with Crippen LogP contribution in [0.2, 0.25) is 4.34 Å². The fourth-order valence-electron chi connectivity index (χ4n) is 2.56. The molecule has 0 saturated heterocycles. The van der Waals surface area contributed by atoms with E-state index in [0.29, 0.717) is 10.0 Å². The van der Waals surface area contributed by atoms with E-state index in [0.717, 1.165) is 4.88 Å². The van der Waals surface area contributed by atoms with Crippen LogP contribution in [0.25, 0.3) is 10.6 Å². The quantitative estimate of drug-likeness (QED) is 0.405. The van der Waals surface area contributed by atoms with Crippen molar-refractivity contribution >= 4 is 51.0 Å². The Balaban J connectivity index is 1.98. The first kappa shape index (κ1) is 20.8. The summed E-state index contributed by atoms with van der Waals surface area (Å²) in [5, 5.41) is 16.2. The summed E-state index contributed by atoms with van der Waals surface area (Å²) in [5.41, 5.74) is -0.147. The molecule has 1 aromatic carbocycles. The van der Waals surface area contributed by atoms with Gasteiger partial charge in [-0.25, -0.2) is 4.98 Å². The van der Waals surface area contributed by atoms with E-state index >= 15 is 0 Å². The number of methoxy groups -OCH3 is 3. The van der Waals surface area contributed by atoms with Crippen LogP contribution in [0.15, 0.2) is 23.6 Å². The van der Waals surface area contributed by atoms with Gasteiger partial charge in [0.15, 0.2) is 10.9 Å². The number of thiophene rings is 1. The number of benzene rings is 1. The number of nitrogens with zero attached hydrogens (tertiary/aromatic N) is 2. The van der Waals surface area contributed by atoms with E-state index in [1.54, 1.807) is 11.4 Å². The first-order chi connectivity index (χ1) is 13.9. The Bertz CT molecular complexity index is 1080.